The molecule has 1 unspecified atom stereocenters. The van der Waals surface area contributed by atoms with E-state index in [-0.39, 0.29) is 30.7 Å². The van der Waals surface area contributed by atoms with E-state index in [9.17, 15) is 14.0 Å². The number of rotatable bonds is 8. The van der Waals surface area contributed by atoms with Gasteiger partial charge in [0.15, 0.2) is 13.1 Å². The third-order valence-corrected chi connectivity index (χ3v) is 4.52. The topological polar surface area (TPSA) is 62.6 Å². The van der Waals surface area contributed by atoms with Crippen LogP contribution in [-0.4, -0.2) is 38.5 Å². The van der Waals surface area contributed by atoms with Crippen molar-refractivity contribution in [3.63, 3.8) is 0 Å². The number of carbonyl (C=O) groups is 2. The van der Waals surface area contributed by atoms with Crippen molar-refractivity contribution in [3.8, 4) is 0 Å². The minimum atomic E-state index is -0.271. The summed E-state index contributed by atoms with van der Waals surface area (Å²) in [5.74, 6) is -0.505. The number of halogens is 1. The van der Waals surface area contributed by atoms with E-state index < -0.39 is 0 Å². The Kier molecular flexibility index (Phi) is 7.70. The van der Waals surface area contributed by atoms with Crippen molar-refractivity contribution in [3.05, 3.63) is 64.5 Å². The van der Waals surface area contributed by atoms with Crippen molar-refractivity contribution in [1.29, 1.82) is 0 Å². The molecular formula is C22H29FN3O2+. The summed E-state index contributed by atoms with van der Waals surface area (Å²) in [7, 11) is 1.81. The van der Waals surface area contributed by atoms with Crippen molar-refractivity contribution in [2.24, 2.45) is 0 Å². The number of carbonyl (C=O) groups excluding carboxylic acids is 2. The van der Waals surface area contributed by atoms with Gasteiger partial charge in [0.25, 0.3) is 11.8 Å². The van der Waals surface area contributed by atoms with Crippen LogP contribution in [0.3, 0.4) is 0 Å². The summed E-state index contributed by atoms with van der Waals surface area (Å²) in [6.07, 6.45) is 0.636. The van der Waals surface area contributed by atoms with Gasteiger partial charge in [-0.3, -0.25) is 9.59 Å². The van der Waals surface area contributed by atoms with E-state index >= 15 is 0 Å². The lowest BCUT2D eigenvalue weighted by Gasteiger charge is -2.16. The molecule has 6 heteroatoms. The molecule has 0 aromatic heterocycles. The van der Waals surface area contributed by atoms with Gasteiger partial charge in [-0.25, -0.2) is 4.39 Å². The molecule has 0 spiro atoms. The van der Waals surface area contributed by atoms with Gasteiger partial charge in [0.2, 0.25) is 0 Å². The molecule has 5 nitrogen and oxygen atoms in total. The Bertz CT molecular complexity index is 811. The molecule has 0 heterocycles. The third-order valence-electron chi connectivity index (χ3n) is 4.52. The molecular weight excluding hydrogens is 357 g/mol. The monoisotopic (exact) mass is 386 g/mol. The van der Waals surface area contributed by atoms with Crippen molar-refractivity contribution < 1.29 is 18.9 Å². The second kappa shape index (κ2) is 9.99. The number of anilines is 1. The molecule has 3 N–H and O–H groups in total. The Balaban J connectivity index is 1.75. The van der Waals surface area contributed by atoms with Crippen molar-refractivity contribution >= 4 is 17.5 Å². The number of quaternary nitrogens is 1. The van der Waals surface area contributed by atoms with Gasteiger partial charge in [-0.05, 0) is 56.0 Å². The largest absolute Gasteiger partial charge is 0.351 e. The Labute approximate surface area is 165 Å². The van der Waals surface area contributed by atoms with Crippen molar-refractivity contribution in [1.82, 2.24) is 5.32 Å². The highest BCUT2D eigenvalue weighted by Gasteiger charge is 2.15. The fourth-order valence-corrected chi connectivity index (χ4v) is 3.23. The lowest BCUT2D eigenvalue weighted by Crippen LogP contribution is -3.11. The van der Waals surface area contributed by atoms with Crippen LogP contribution in [0.4, 0.5) is 10.1 Å². The molecule has 2 aromatic carbocycles. The Morgan fingerprint density at radius 1 is 0.964 bits per heavy atom. The lowest BCUT2D eigenvalue weighted by molar-refractivity contribution is -0.862. The van der Waals surface area contributed by atoms with E-state index in [0.717, 1.165) is 32.8 Å². The maximum atomic E-state index is 12.9. The standard InChI is InChI=1S/C22H28FN3O2/c1-15-11-16(2)22(17(3)12-15)25-21(28)14-26(4)13-20(27)24-10-9-18-5-7-19(23)8-6-18/h5-8,11-12H,9-10,13-14H2,1-4H3,(H,24,27)(H,25,28)/p+1. The second-order valence-corrected chi connectivity index (χ2v) is 7.36. The van der Waals surface area contributed by atoms with Gasteiger partial charge in [0.05, 0.1) is 7.05 Å². The average molecular weight is 386 g/mol. The third kappa shape index (κ3) is 6.78. The summed E-state index contributed by atoms with van der Waals surface area (Å²) in [6.45, 7) is 6.87. The molecule has 0 saturated heterocycles. The van der Waals surface area contributed by atoms with Crippen LogP contribution in [0.5, 0.6) is 0 Å². The van der Waals surface area contributed by atoms with Crippen LogP contribution >= 0.6 is 0 Å². The fourth-order valence-electron chi connectivity index (χ4n) is 3.23. The highest BCUT2D eigenvalue weighted by molar-refractivity contribution is 5.93. The maximum Gasteiger partial charge on any atom is 0.279 e. The Morgan fingerprint density at radius 3 is 2.14 bits per heavy atom. The quantitative estimate of drug-likeness (QED) is 0.645. The van der Waals surface area contributed by atoms with Crippen LogP contribution in [0.15, 0.2) is 36.4 Å². The molecule has 2 rings (SSSR count). The number of likely N-dealkylation sites (N-methyl/N-ethyl adjacent to an activating group) is 1. The van der Waals surface area contributed by atoms with Gasteiger partial charge >= 0.3 is 0 Å². The normalized spacial score (nSPS) is 11.8. The molecule has 0 saturated carbocycles. The summed E-state index contributed by atoms with van der Waals surface area (Å²) >= 11 is 0. The first-order valence-corrected chi connectivity index (χ1v) is 9.44. The zero-order valence-electron chi connectivity index (χ0n) is 17.0. The molecule has 2 aromatic rings. The van der Waals surface area contributed by atoms with E-state index in [1.807, 2.05) is 40.0 Å². The molecule has 0 fully saturated rings. The van der Waals surface area contributed by atoms with Gasteiger partial charge in [-0.15, -0.1) is 0 Å². The molecule has 1 atom stereocenters. The Morgan fingerprint density at radius 2 is 1.54 bits per heavy atom. The van der Waals surface area contributed by atoms with Gasteiger partial charge in [-0.1, -0.05) is 29.8 Å². The predicted octanol–water partition coefficient (Wildman–Crippen LogP) is 1.56. The summed E-state index contributed by atoms with van der Waals surface area (Å²) in [5, 5.41) is 5.80. The van der Waals surface area contributed by atoms with Crippen molar-refractivity contribution in [2.45, 2.75) is 27.2 Å². The number of aryl methyl sites for hydroxylation is 3. The first kappa shape index (κ1) is 21.6. The van der Waals surface area contributed by atoms with Crippen LogP contribution in [-0.2, 0) is 16.0 Å². The predicted molar refractivity (Wildman–Crippen MR) is 109 cm³/mol. The highest BCUT2D eigenvalue weighted by Crippen LogP contribution is 2.21. The minimum absolute atomic E-state index is 0.116. The minimum Gasteiger partial charge on any atom is -0.351 e. The van der Waals surface area contributed by atoms with Crippen LogP contribution in [0.2, 0.25) is 0 Å². The molecule has 150 valence electrons. The number of benzene rings is 2. The maximum absolute atomic E-state index is 12.9. The van der Waals surface area contributed by atoms with Gasteiger partial charge in [0, 0.05) is 12.2 Å². The molecule has 0 aliphatic heterocycles. The lowest BCUT2D eigenvalue weighted by atomic mass is 10.1. The summed E-state index contributed by atoms with van der Waals surface area (Å²) < 4.78 is 12.9. The van der Waals surface area contributed by atoms with Crippen LogP contribution in [0.1, 0.15) is 22.3 Å². The molecule has 0 radical (unpaired) electrons. The smallest absolute Gasteiger partial charge is 0.279 e. The molecule has 28 heavy (non-hydrogen) atoms. The number of nitrogens with one attached hydrogen (secondary N) is 3. The first-order chi connectivity index (χ1) is 13.2. The van der Waals surface area contributed by atoms with Crippen LogP contribution in [0.25, 0.3) is 0 Å². The molecule has 0 aliphatic carbocycles. The van der Waals surface area contributed by atoms with E-state index in [1.165, 1.54) is 12.1 Å². The van der Waals surface area contributed by atoms with Crippen LogP contribution < -0.4 is 15.5 Å². The average Bonchev–Trinajstić information content (AvgIpc) is 2.59. The molecule has 2 amide bonds. The second-order valence-electron chi connectivity index (χ2n) is 7.36. The zero-order chi connectivity index (χ0) is 20.7. The number of amides is 2. The van der Waals surface area contributed by atoms with E-state index in [0.29, 0.717) is 13.0 Å². The molecule has 0 bridgehead atoms. The summed E-state index contributed by atoms with van der Waals surface area (Å²) in [4.78, 5) is 25.2. The van der Waals surface area contributed by atoms with Crippen LogP contribution in [0, 0.1) is 26.6 Å². The molecule has 0 aliphatic rings. The highest BCUT2D eigenvalue weighted by atomic mass is 19.1. The van der Waals surface area contributed by atoms with Gasteiger partial charge in [-0.2, -0.15) is 0 Å². The van der Waals surface area contributed by atoms with E-state index in [1.54, 1.807) is 12.1 Å². The van der Waals surface area contributed by atoms with Gasteiger partial charge < -0.3 is 15.5 Å². The van der Waals surface area contributed by atoms with E-state index in [4.69, 9.17) is 0 Å². The number of hydrogen-bond donors (Lipinski definition) is 3. The number of hydrogen-bond acceptors (Lipinski definition) is 2. The SMILES string of the molecule is Cc1cc(C)c(NC(=O)C[NH+](C)CC(=O)NCCc2ccc(F)cc2)c(C)c1. The Hall–Kier alpha value is -2.73. The first-order valence-electron chi connectivity index (χ1n) is 9.44. The van der Waals surface area contributed by atoms with Gasteiger partial charge in [0.1, 0.15) is 5.82 Å². The zero-order valence-corrected chi connectivity index (χ0v) is 17.0. The summed E-state index contributed by atoms with van der Waals surface area (Å²) in [5.41, 5.74) is 5.02. The van der Waals surface area contributed by atoms with E-state index in [2.05, 4.69) is 10.6 Å². The summed E-state index contributed by atoms with van der Waals surface area (Å²) in [6, 6.07) is 10.3. The fraction of sp³-hybridized carbons (Fsp3) is 0.364. The van der Waals surface area contributed by atoms with Crippen molar-refractivity contribution in [2.75, 3.05) is 32.0 Å².